The van der Waals surface area contributed by atoms with Gasteiger partial charge in [-0.25, -0.2) is 8.78 Å². The molecule has 1 saturated heterocycles. The van der Waals surface area contributed by atoms with E-state index in [1.54, 1.807) is 12.1 Å². The maximum atomic E-state index is 14.0. The normalized spacial score (nSPS) is 18.2. The fraction of sp³-hybridized carbons (Fsp3) is 0.333. The number of hydrogen-bond acceptors (Lipinski definition) is 4. The van der Waals surface area contributed by atoms with Gasteiger partial charge in [0.25, 0.3) is 0 Å². The van der Waals surface area contributed by atoms with Crippen LogP contribution >= 0.6 is 11.6 Å². The zero-order chi connectivity index (χ0) is 19.3. The van der Waals surface area contributed by atoms with Crippen molar-refractivity contribution in [2.24, 2.45) is 0 Å². The van der Waals surface area contributed by atoms with Gasteiger partial charge in [0.15, 0.2) is 0 Å². The summed E-state index contributed by atoms with van der Waals surface area (Å²) in [6, 6.07) is 6.48. The van der Waals surface area contributed by atoms with E-state index in [4.69, 9.17) is 26.6 Å². The van der Waals surface area contributed by atoms with Gasteiger partial charge in [0.1, 0.15) is 11.6 Å². The molecule has 0 radical (unpaired) electrons. The van der Waals surface area contributed by atoms with Gasteiger partial charge in [-0.05, 0) is 52.0 Å². The Morgan fingerprint density at radius 1 is 1.00 bits per heavy atom. The molecule has 3 N–H and O–H groups in total. The summed E-state index contributed by atoms with van der Waals surface area (Å²) in [6.07, 6.45) is 0. The lowest BCUT2D eigenvalue weighted by molar-refractivity contribution is 0.00578. The molecule has 4 nitrogen and oxygen atoms in total. The van der Waals surface area contributed by atoms with Crippen LogP contribution in [0.5, 0.6) is 0 Å². The summed E-state index contributed by atoms with van der Waals surface area (Å²) in [4.78, 5) is 0. The molecule has 0 spiro atoms. The average Bonchev–Trinajstić information content (AvgIpc) is 2.73. The van der Waals surface area contributed by atoms with Gasteiger partial charge < -0.3 is 20.4 Å². The van der Waals surface area contributed by atoms with Gasteiger partial charge in [0, 0.05) is 17.2 Å². The van der Waals surface area contributed by atoms with E-state index in [2.05, 4.69) is 5.32 Å². The van der Waals surface area contributed by atoms with E-state index in [1.165, 1.54) is 12.1 Å². The minimum absolute atomic E-state index is 0.102. The van der Waals surface area contributed by atoms with Gasteiger partial charge in [-0.15, -0.1) is 0 Å². The van der Waals surface area contributed by atoms with E-state index in [1.807, 2.05) is 27.7 Å². The van der Waals surface area contributed by atoms with Gasteiger partial charge in [-0.2, -0.15) is 0 Å². The molecule has 1 heterocycles. The van der Waals surface area contributed by atoms with Gasteiger partial charge in [-0.3, -0.25) is 0 Å². The molecule has 0 aliphatic carbocycles. The first-order valence-electron chi connectivity index (χ1n) is 8.17. The Morgan fingerprint density at radius 2 is 1.62 bits per heavy atom. The van der Waals surface area contributed by atoms with Crippen molar-refractivity contribution in [3.63, 3.8) is 0 Å². The summed E-state index contributed by atoms with van der Waals surface area (Å²) in [5, 5.41) is 3.23. The quantitative estimate of drug-likeness (QED) is 0.617. The smallest absolute Gasteiger partial charge is 0.399 e. The highest BCUT2D eigenvalue weighted by Crippen LogP contribution is 2.38. The molecule has 0 bridgehead atoms. The second-order valence-corrected chi connectivity index (χ2v) is 7.71. The number of anilines is 3. The highest BCUT2D eigenvalue weighted by atomic mass is 35.5. The van der Waals surface area contributed by atoms with Crippen molar-refractivity contribution in [3.8, 4) is 0 Å². The molecule has 1 aliphatic rings. The van der Waals surface area contributed by atoms with Gasteiger partial charge in [0.2, 0.25) is 0 Å². The molecule has 8 heteroatoms. The summed E-state index contributed by atoms with van der Waals surface area (Å²) >= 11 is 6.14. The van der Waals surface area contributed by atoms with Crippen LogP contribution in [0.4, 0.5) is 25.8 Å². The molecule has 0 aromatic heterocycles. The first-order chi connectivity index (χ1) is 12.0. The first kappa shape index (κ1) is 19.0. The van der Waals surface area contributed by atoms with Crippen molar-refractivity contribution in [1.82, 2.24) is 0 Å². The Bertz CT molecular complexity index is 845. The summed E-state index contributed by atoms with van der Waals surface area (Å²) in [5.41, 5.74) is 6.33. The number of nitrogens with two attached hydrogens (primary N) is 1. The zero-order valence-corrected chi connectivity index (χ0v) is 15.7. The summed E-state index contributed by atoms with van der Waals surface area (Å²) < 4.78 is 39.3. The molecule has 0 saturated carbocycles. The second-order valence-electron chi connectivity index (χ2n) is 7.30. The lowest BCUT2D eigenvalue weighted by atomic mass is 9.77. The number of rotatable bonds is 3. The van der Waals surface area contributed by atoms with Crippen molar-refractivity contribution in [2.75, 3.05) is 11.1 Å². The molecule has 1 fully saturated rings. The molecular weight excluding hydrogens is 360 g/mol. The van der Waals surface area contributed by atoms with Crippen LogP contribution in [-0.2, 0) is 9.31 Å². The van der Waals surface area contributed by atoms with E-state index in [9.17, 15) is 8.78 Å². The third-order valence-electron chi connectivity index (χ3n) is 4.88. The molecule has 2 aromatic rings. The van der Waals surface area contributed by atoms with Gasteiger partial charge in [-0.1, -0.05) is 11.6 Å². The fourth-order valence-corrected chi connectivity index (χ4v) is 2.78. The second kappa shape index (κ2) is 6.41. The third-order valence-corrected chi connectivity index (χ3v) is 5.20. The Morgan fingerprint density at radius 3 is 2.19 bits per heavy atom. The van der Waals surface area contributed by atoms with Crippen LogP contribution in [0.3, 0.4) is 0 Å². The van der Waals surface area contributed by atoms with Crippen molar-refractivity contribution >= 4 is 41.2 Å². The number of nitrogens with one attached hydrogen (secondary N) is 1. The SMILES string of the molecule is CC1(C)OB(c2cc(N)c(Cl)cc2Nc2ccc(F)cc2F)OC1(C)C. The number of halogens is 3. The van der Waals surface area contributed by atoms with E-state index in [0.29, 0.717) is 21.9 Å². The largest absolute Gasteiger partial charge is 0.497 e. The lowest BCUT2D eigenvalue weighted by Gasteiger charge is -2.32. The van der Waals surface area contributed by atoms with Crippen LogP contribution in [-0.4, -0.2) is 18.3 Å². The monoisotopic (exact) mass is 380 g/mol. The number of benzene rings is 2. The molecule has 0 unspecified atom stereocenters. The molecular formula is C18H20BClF2N2O2. The Kier molecular flexibility index (Phi) is 4.67. The van der Waals surface area contributed by atoms with Crippen molar-refractivity contribution in [2.45, 2.75) is 38.9 Å². The molecule has 26 heavy (non-hydrogen) atoms. The lowest BCUT2D eigenvalue weighted by Crippen LogP contribution is -2.41. The van der Waals surface area contributed by atoms with Crippen LogP contribution in [0.1, 0.15) is 27.7 Å². The van der Waals surface area contributed by atoms with Crippen LogP contribution < -0.4 is 16.5 Å². The number of hydrogen-bond donors (Lipinski definition) is 2. The fourth-order valence-electron chi connectivity index (χ4n) is 2.62. The molecule has 3 rings (SSSR count). The summed E-state index contributed by atoms with van der Waals surface area (Å²) in [5.74, 6) is -1.38. The van der Waals surface area contributed by atoms with Gasteiger partial charge >= 0.3 is 7.12 Å². The van der Waals surface area contributed by atoms with Crippen molar-refractivity contribution in [3.05, 3.63) is 47.0 Å². The van der Waals surface area contributed by atoms with Crippen molar-refractivity contribution < 1.29 is 18.1 Å². The standard InChI is InChI=1S/C18H20BClF2N2O2/c1-17(2)18(3,4)26-19(25-17)11-8-14(23)12(20)9-16(11)24-15-6-5-10(21)7-13(15)22/h5-9,24H,23H2,1-4H3. The van der Waals surface area contributed by atoms with Crippen molar-refractivity contribution in [1.29, 1.82) is 0 Å². The first-order valence-corrected chi connectivity index (χ1v) is 8.54. The zero-order valence-electron chi connectivity index (χ0n) is 15.0. The minimum atomic E-state index is -0.724. The highest BCUT2D eigenvalue weighted by Gasteiger charge is 2.52. The molecule has 0 amide bonds. The highest BCUT2D eigenvalue weighted by molar-refractivity contribution is 6.64. The van der Waals surface area contributed by atoms with E-state index >= 15 is 0 Å². The Labute approximate surface area is 156 Å². The van der Waals surface area contributed by atoms with Crippen LogP contribution in [0.15, 0.2) is 30.3 Å². The molecule has 2 aromatic carbocycles. The molecule has 1 aliphatic heterocycles. The molecule has 0 atom stereocenters. The Balaban J connectivity index is 2.02. The maximum absolute atomic E-state index is 14.0. The topological polar surface area (TPSA) is 56.5 Å². The van der Waals surface area contributed by atoms with Crippen LogP contribution in [0.2, 0.25) is 5.02 Å². The van der Waals surface area contributed by atoms with E-state index < -0.39 is 30.0 Å². The third kappa shape index (κ3) is 3.39. The van der Waals surface area contributed by atoms with Gasteiger partial charge in [0.05, 0.1) is 27.6 Å². The molecule has 138 valence electrons. The predicted molar refractivity (Wildman–Crippen MR) is 101 cm³/mol. The average molecular weight is 381 g/mol. The van der Waals surface area contributed by atoms with E-state index in [0.717, 1.165) is 6.07 Å². The van der Waals surface area contributed by atoms with Crippen LogP contribution in [0, 0.1) is 11.6 Å². The van der Waals surface area contributed by atoms with Crippen LogP contribution in [0.25, 0.3) is 0 Å². The Hall–Kier alpha value is -1.83. The maximum Gasteiger partial charge on any atom is 0.497 e. The minimum Gasteiger partial charge on any atom is -0.399 e. The predicted octanol–water partition coefficient (Wildman–Crippen LogP) is 4.24. The summed E-state index contributed by atoms with van der Waals surface area (Å²) in [6.45, 7) is 7.72. The summed E-state index contributed by atoms with van der Waals surface area (Å²) in [7, 11) is -0.717. The van der Waals surface area contributed by atoms with E-state index in [-0.39, 0.29) is 5.69 Å². The number of nitrogen functional groups attached to an aromatic ring is 1.